The maximum atomic E-state index is 12.4. The molecule has 7 heterocycles. The largest absolute Gasteiger partial charge is 0.462 e. The number of carbonyl (C=O) groups is 5. The lowest BCUT2D eigenvalue weighted by Gasteiger charge is -2.25. The van der Waals surface area contributed by atoms with Gasteiger partial charge < -0.3 is 30.6 Å². The molecule has 6 aromatic heterocycles. The highest BCUT2D eigenvalue weighted by molar-refractivity contribution is 7.21. The predicted octanol–water partition coefficient (Wildman–Crippen LogP) is 11.1. The fourth-order valence-electron chi connectivity index (χ4n) is 5.75. The van der Waals surface area contributed by atoms with Crippen LogP contribution in [0, 0.1) is 0 Å². The number of hydrogen-bond acceptors (Lipinski definition) is 16. The minimum absolute atomic E-state index is 0.0776. The second-order valence-electron chi connectivity index (χ2n) is 12.9. The fourth-order valence-corrected chi connectivity index (χ4v) is 11.0. The van der Waals surface area contributed by atoms with Gasteiger partial charge in [0, 0.05) is 31.3 Å². The van der Waals surface area contributed by atoms with Crippen LogP contribution in [-0.4, -0.2) is 80.0 Å². The van der Waals surface area contributed by atoms with Crippen molar-refractivity contribution in [2.45, 2.75) is 40.0 Å². The molecular formula is C42H45ClN4O8S6. The van der Waals surface area contributed by atoms with Crippen LogP contribution in [0.15, 0.2) is 68.7 Å². The van der Waals surface area contributed by atoms with Gasteiger partial charge in [0.05, 0.1) is 43.1 Å². The van der Waals surface area contributed by atoms with Crippen molar-refractivity contribution in [3.05, 3.63) is 85.4 Å². The number of rotatable bonds is 14. The van der Waals surface area contributed by atoms with Gasteiger partial charge in [0.2, 0.25) is 11.8 Å². The first-order chi connectivity index (χ1) is 29.5. The number of nitrogens with zero attached hydrogens (tertiary/aromatic N) is 1. The first-order valence-corrected chi connectivity index (χ1v) is 25.0. The zero-order valence-electron chi connectivity index (χ0n) is 33.6. The van der Waals surface area contributed by atoms with Crippen LogP contribution in [0.2, 0.25) is 0 Å². The van der Waals surface area contributed by atoms with Crippen LogP contribution in [0.25, 0.3) is 31.3 Å². The van der Waals surface area contributed by atoms with Crippen LogP contribution in [-0.2, 0) is 23.8 Å². The highest BCUT2D eigenvalue weighted by Gasteiger charge is 2.23. The summed E-state index contributed by atoms with van der Waals surface area (Å²) in [5, 5.41) is 19.1. The van der Waals surface area contributed by atoms with E-state index in [1.807, 2.05) is 50.5 Å². The summed E-state index contributed by atoms with van der Waals surface area (Å²) in [5.41, 5.74) is 10.2. The number of thiophene rings is 6. The van der Waals surface area contributed by atoms with E-state index in [0.29, 0.717) is 51.5 Å². The average Bonchev–Trinajstić information content (AvgIpc) is 4.10. The SMILES string of the molecule is CCOC(=O)c1cc(-c2ccsc2)sc1N.CCOC(=O)c1cc(-c2ccsc2)sc1NC(=O)CCl.CCOC(=O)c1cc(-c2ccsc2)sc1NC(=O)CN1CCCCC1. The zero-order valence-corrected chi connectivity index (χ0v) is 39.3. The van der Waals surface area contributed by atoms with Crippen molar-refractivity contribution in [1.82, 2.24) is 4.90 Å². The first kappa shape index (κ1) is 47.6. The molecule has 61 heavy (non-hydrogen) atoms. The molecule has 0 saturated carbocycles. The Labute approximate surface area is 383 Å². The van der Waals surface area contributed by atoms with Gasteiger partial charge in [0.15, 0.2) is 0 Å². The Kier molecular flexibility index (Phi) is 19.0. The number of esters is 3. The van der Waals surface area contributed by atoms with Crippen LogP contribution in [0.1, 0.15) is 71.1 Å². The number of amides is 2. The maximum Gasteiger partial charge on any atom is 0.341 e. The summed E-state index contributed by atoms with van der Waals surface area (Å²) in [6.45, 7) is 8.54. The number of alkyl halides is 1. The van der Waals surface area contributed by atoms with Gasteiger partial charge in [0.25, 0.3) is 0 Å². The van der Waals surface area contributed by atoms with E-state index in [-0.39, 0.29) is 30.3 Å². The average molecular weight is 962 g/mol. The molecule has 0 bridgehead atoms. The molecule has 0 radical (unpaired) electrons. The van der Waals surface area contributed by atoms with E-state index in [1.165, 1.54) is 40.4 Å². The van der Waals surface area contributed by atoms with Crippen molar-refractivity contribution in [2.75, 3.05) is 61.7 Å². The van der Waals surface area contributed by atoms with Crippen LogP contribution in [0.4, 0.5) is 15.0 Å². The van der Waals surface area contributed by atoms with E-state index < -0.39 is 11.9 Å². The normalized spacial score (nSPS) is 12.3. The number of hydrogen-bond donors (Lipinski definition) is 3. The van der Waals surface area contributed by atoms with E-state index in [2.05, 4.69) is 15.5 Å². The molecule has 4 N–H and O–H groups in total. The molecule has 1 aliphatic heterocycles. The van der Waals surface area contributed by atoms with E-state index in [1.54, 1.807) is 73.0 Å². The molecule has 0 aliphatic carbocycles. The van der Waals surface area contributed by atoms with Crippen molar-refractivity contribution in [3.63, 3.8) is 0 Å². The Morgan fingerprint density at radius 3 is 1.44 bits per heavy atom. The third-order valence-electron chi connectivity index (χ3n) is 8.57. The highest BCUT2D eigenvalue weighted by atomic mass is 35.5. The van der Waals surface area contributed by atoms with Gasteiger partial charge in [0.1, 0.15) is 20.9 Å². The van der Waals surface area contributed by atoms with Gasteiger partial charge in [-0.3, -0.25) is 14.5 Å². The smallest absolute Gasteiger partial charge is 0.341 e. The molecule has 0 spiro atoms. The lowest BCUT2D eigenvalue weighted by Crippen LogP contribution is -2.36. The Morgan fingerprint density at radius 2 is 1.03 bits per heavy atom. The van der Waals surface area contributed by atoms with E-state index in [0.717, 1.165) is 57.3 Å². The Morgan fingerprint density at radius 1 is 0.623 bits per heavy atom. The lowest BCUT2D eigenvalue weighted by molar-refractivity contribution is -0.117. The number of nitrogens with two attached hydrogens (primary N) is 1. The van der Waals surface area contributed by atoms with Crippen molar-refractivity contribution in [1.29, 1.82) is 0 Å². The second-order valence-corrected chi connectivity index (χ2v) is 18.7. The lowest BCUT2D eigenvalue weighted by atomic mass is 10.1. The van der Waals surface area contributed by atoms with E-state index in [4.69, 9.17) is 31.5 Å². The van der Waals surface area contributed by atoms with Crippen molar-refractivity contribution < 1.29 is 38.2 Å². The van der Waals surface area contributed by atoms with Gasteiger partial charge in [-0.05, 0) is 115 Å². The molecule has 7 rings (SSSR count). The third-order valence-corrected chi connectivity index (χ3v) is 14.1. The van der Waals surface area contributed by atoms with Gasteiger partial charge in [-0.25, -0.2) is 14.4 Å². The summed E-state index contributed by atoms with van der Waals surface area (Å²) in [5.74, 6) is -1.78. The summed E-state index contributed by atoms with van der Waals surface area (Å²) in [4.78, 5) is 64.6. The number of ether oxygens (including phenoxy) is 3. The van der Waals surface area contributed by atoms with Gasteiger partial charge >= 0.3 is 17.9 Å². The van der Waals surface area contributed by atoms with Crippen molar-refractivity contribution >= 4 is 124 Å². The zero-order chi connectivity index (χ0) is 43.7. The monoisotopic (exact) mass is 960 g/mol. The molecule has 0 unspecified atom stereocenters. The Bertz CT molecular complexity index is 2330. The van der Waals surface area contributed by atoms with Crippen LogP contribution >= 0.6 is 79.6 Å². The molecule has 324 valence electrons. The third kappa shape index (κ3) is 13.8. The van der Waals surface area contributed by atoms with Crippen molar-refractivity contribution in [2.24, 2.45) is 0 Å². The minimum atomic E-state index is -0.449. The fraction of sp³-hybridized carbons (Fsp3) is 0.310. The number of piperidine rings is 1. The Hall–Kier alpha value is -4.40. The molecule has 0 aromatic carbocycles. The number of nitrogen functional groups attached to an aromatic ring is 1. The molecular weight excluding hydrogens is 916 g/mol. The molecule has 2 amide bonds. The highest BCUT2D eigenvalue weighted by Crippen LogP contribution is 2.39. The number of carbonyl (C=O) groups excluding carboxylic acids is 5. The molecule has 1 fully saturated rings. The molecule has 1 saturated heterocycles. The van der Waals surface area contributed by atoms with Gasteiger partial charge in [-0.2, -0.15) is 34.0 Å². The number of halogens is 1. The van der Waals surface area contributed by atoms with Crippen LogP contribution < -0.4 is 16.4 Å². The molecule has 19 heteroatoms. The summed E-state index contributed by atoms with van der Waals surface area (Å²) < 4.78 is 15.1. The van der Waals surface area contributed by atoms with E-state index in [9.17, 15) is 24.0 Å². The predicted molar refractivity (Wildman–Crippen MR) is 253 cm³/mol. The quantitative estimate of drug-likeness (QED) is 0.0543. The van der Waals surface area contributed by atoms with Gasteiger partial charge in [-0.1, -0.05) is 6.42 Å². The van der Waals surface area contributed by atoms with Crippen LogP contribution in [0.3, 0.4) is 0 Å². The van der Waals surface area contributed by atoms with E-state index >= 15 is 0 Å². The molecule has 6 aromatic rings. The minimum Gasteiger partial charge on any atom is -0.462 e. The molecule has 0 atom stereocenters. The standard InChI is InChI=1S/C18H22N2O3S2.C13H12ClNO3S2.C11H11NO2S2/c1-2-23-18(22)14-10-15(13-6-9-24-12-13)25-17(14)19-16(21)11-20-7-4-3-5-8-20;1-2-18-13(17)9-5-10(8-3-4-19-7-8)20-12(9)15-11(16)6-14;1-2-14-11(13)8-5-9(16-10(8)12)7-3-4-15-6-7/h6,9-10,12H,2-5,7-8,11H2,1H3,(H,19,21);3-5,7H,2,6H2,1H3,(H,15,16);3-6H,2,12H2,1H3. The van der Waals surface area contributed by atoms with Gasteiger partial charge in [-0.15, -0.1) is 45.6 Å². The summed E-state index contributed by atoms with van der Waals surface area (Å²) in [6, 6.07) is 11.3. The Balaban J connectivity index is 0.000000178. The summed E-state index contributed by atoms with van der Waals surface area (Å²) in [6.07, 6.45) is 3.52. The second kappa shape index (κ2) is 24.3. The number of anilines is 3. The maximum absolute atomic E-state index is 12.4. The molecule has 12 nitrogen and oxygen atoms in total. The number of likely N-dealkylation sites (tertiary alicyclic amines) is 1. The molecule has 1 aliphatic rings. The number of nitrogens with one attached hydrogen (secondary N) is 2. The summed E-state index contributed by atoms with van der Waals surface area (Å²) in [7, 11) is 0. The van der Waals surface area contributed by atoms with Crippen LogP contribution in [0.5, 0.6) is 0 Å². The first-order valence-electron chi connectivity index (χ1n) is 19.2. The summed E-state index contributed by atoms with van der Waals surface area (Å²) >= 11 is 14.4. The topological polar surface area (TPSA) is 166 Å². The van der Waals surface area contributed by atoms with Crippen molar-refractivity contribution in [3.8, 4) is 31.3 Å².